The molecule has 2 aromatic carbocycles. The number of ether oxygens (including phenoxy) is 1. The van der Waals surface area contributed by atoms with Crippen LogP contribution in [0.1, 0.15) is 68.6 Å². The molecule has 0 radical (unpaired) electrons. The fourth-order valence-corrected chi connectivity index (χ4v) is 7.46. The molecule has 0 bridgehead atoms. The Kier molecular flexibility index (Phi) is 9.47. The van der Waals surface area contributed by atoms with Crippen LogP contribution < -0.4 is 5.32 Å². The molecule has 1 N–H and O–H groups in total. The molecule has 0 saturated carbocycles. The summed E-state index contributed by atoms with van der Waals surface area (Å²) < 4.78 is 13.9. The summed E-state index contributed by atoms with van der Waals surface area (Å²) in [5, 5.41) is 3.89. The number of fused-ring (bicyclic) bond motifs is 2. The third-order valence-corrected chi connectivity index (χ3v) is 9.51. The molecule has 0 aliphatic carbocycles. The van der Waals surface area contributed by atoms with Crippen LogP contribution in [0, 0.1) is 5.41 Å². The van der Waals surface area contributed by atoms with E-state index in [4.69, 9.17) is 9.16 Å². The summed E-state index contributed by atoms with van der Waals surface area (Å²) in [6.45, 7) is 27.1. The van der Waals surface area contributed by atoms with Crippen molar-refractivity contribution < 1.29 is 18.8 Å². The van der Waals surface area contributed by atoms with E-state index in [0.29, 0.717) is 23.4 Å². The number of hydrogen-bond acceptors (Lipinski definition) is 6. The Morgan fingerprint density at radius 1 is 1.02 bits per heavy atom. The third-order valence-electron chi connectivity index (χ3n) is 8.64. The van der Waals surface area contributed by atoms with Gasteiger partial charge in [0.1, 0.15) is 5.60 Å². The van der Waals surface area contributed by atoms with Gasteiger partial charge >= 0.3 is 6.09 Å². The van der Waals surface area contributed by atoms with Gasteiger partial charge in [0, 0.05) is 56.8 Å². The second-order valence-electron chi connectivity index (χ2n) is 14.8. The number of aromatic nitrogens is 1. The molecular weight excluding hydrogens is 581 g/mol. The van der Waals surface area contributed by atoms with Crippen molar-refractivity contribution in [1.82, 2.24) is 19.7 Å². The summed E-state index contributed by atoms with van der Waals surface area (Å²) in [6.07, 6.45) is 1.55. The van der Waals surface area contributed by atoms with Gasteiger partial charge in [-0.05, 0) is 74.2 Å². The zero-order valence-electron chi connectivity index (χ0n) is 28.3. The minimum Gasteiger partial charge on any atom is -0.443 e. The van der Waals surface area contributed by atoms with Crippen LogP contribution in [0.5, 0.6) is 0 Å². The van der Waals surface area contributed by atoms with Gasteiger partial charge in [0.05, 0.1) is 22.9 Å². The number of nitrogens with one attached hydrogen (secondary N) is 1. The summed E-state index contributed by atoms with van der Waals surface area (Å²) >= 11 is 0. The lowest BCUT2D eigenvalue weighted by molar-refractivity contribution is 0.0279. The van der Waals surface area contributed by atoms with Crippen molar-refractivity contribution in [2.75, 3.05) is 32.7 Å². The van der Waals surface area contributed by atoms with Crippen LogP contribution in [0.25, 0.3) is 28.2 Å². The third kappa shape index (κ3) is 7.43. The molecule has 45 heavy (non-hydrogen) atoms. The maximum atomic E-state index is 13.7. The minimum absolute atomic E-state index is 0.121. The maximum absolute atomic E-state index is 13.7. The van der Waals surface area contributed by atoms with E-state index < -0.39 is 20.7 Å². The SMILES string of the molecule is C=Cc1ccc(-c2cc3cc(CN4CCN(CC(O[SiH](C)C)C(C)(C)C)CC4)ccc3n2C(=O)OC(C)(C)C)c2c1CNC2=O. The molecule has 3 aromatic rings. The van der Waals surface area contributed by atoms with Crippen LogP contribution in [0.4, 0.5) is 4.79 Å². The number of piperazine rings is 1. The molecule has 1 aromatic heterocycles. The summed E-state index contributed by atoms with van der Waals surface area (Å²) in [4.78, 5) is 31.7. The Morgan fingerprint density at radius 2 is 1.71 bits per heavy atom. The van der Waals surface area contributed by atoms with Gasteiger partial charge in [0.25, 0.3) is 5.91 Å². The van der Waals surface area contributed by atoms with Gasteiger partial charge in [-0.1, -0.05) is 51.6 Å². The van der Waals surface area contributed by atoms with E-state index in [1.807, 2.05) is 45.0 Å². The van der Waals surface area contributed by atoms with E-state index in [-0.39, 0.29) is 17.4 Å². The van der Waals surface area contributed by atoms with E-state index in [9.17, 15) is 9.59 Å². The molecule has 1 unspecified atom stereocenters. The fourth-order valence-electron chi connectivity index (χ4n) is 6.31. The first-order chi connectivity index (χ1) is 21.1. The predicted molar refractivity (Wildman–Crippen MR) is 185 cm³/mol. The number of rotatable bonds is 8. The molecule has 8 nitrogen and oxygen atoms in total. The molecule has 1 atom stereocenters. The number of benzene rings is 2. The molecular formula is C36H50N4O4Si. The zero-order chi connectivity index (χ0) is 32.7. The largest absolute Gasteiger partial charge is 0.443 e. The number of carbonyl (C=O) groups excluding carboxylic acids is 2. The van der Waals surface area contributed by atoms with E-state index in [1.165, 1.54) is 5.56 Å². The zero-order valence-corrected chi connectivity index (χ0v) is 29.5. The fraction of sp³-hybridized carbons (Fsp3) is 0.500. The molecule has 2 aliphatic heterocycles. The van der Waals surface area contributed by atoms with E-state index >= 15 is 0 Å². The molecule has 242 valence electrons. The Balaban J connectivity index is 1.41. The number of carbonyl (C=O) groups is 2. The van der Waals surface area contributed by atoms with E-state index in [0.717, 1.165) is 61.3 Å². The Morgan fingerprint density at radius 3 is 2.33 bits per heavy atom. The topological polar surface area (TPSA) is 76.0 Å². The lowest BCUT2D eigenvalue weighted by Crippen LogP contribution is -2.51. The van der Waals surface area contributed by atoms with Crippen molar-refractivity contribution in [1.29, 1.82) is 0 Å². The van der Waals surface area contributed by atoms with Crippen molar-refractivity contribution in [3.05, 3.63) is 65.2 Å². The van der Waals surface area contributed by atoms with Gasteiger partial charge < -0.3 is 14.5 Å². The van der Waals surface area contributed by atoms with Crippen LogP contribution in [-0.2, 0) is 22.3 Å². The summed E-state index contributed by atoms with van der Waals surface area (Å²) in [6, 6.07) is 12.2. The van der Waals surface area contributed by atoms with Crippen LogP contribution >= 0.6 is 0 Å². The average molecular weight is 631 g/mol. The number of hydrogen-bond donors (Lipinski definition) is 1. The Labute approximate surface area is 270 Å². The van der Waals surface area contributed by atoms with Gasteiger partial charge in [-0.2, -0.15) is 0 Å². The van der Waals surface area contributed by atoms with Crippen molar-refractivity contribution in [2.24, 2.45) is 5.41 Å². The van der Waals surface area contributed by atoms with Gasteiger partial charge in [-0.15, -0.1) is 0 Å². The standard InChI is InChI=1S/C36H50N4O4Si/c1-10-25-12-13-27(32-28(25)21-37-33(32)41)30-20-26-19-24(11-14-29(26)40(30)34(42)43-36(5,6)7)22-38-15-17-39(18-16-38)23-31(35(2,3)4)44-45(8)9/h10-14,19-20,31,45H,1,15-18,21-23H2,2-9H3,(H,37,41). The monoisotopic (exact) mass is 630 g/mol. The second-order valence-corrected chi connectivity index (χ2v) is 17.2. The van der Waals surface area contributed by atoms with Gasteiger partial charge in [0.15, 0.2) is 9.04 Å². The molecule has 2 aliphatic rings. The van der Waals surface area contributed by atoms with Crippen molar-refractivity contribution in [3.63, 3.8) is 0 Å². The van der Waals surface area contributed by atoms with Crippen LogP contribution in [-0.4, -0.2) is 79.8 Å². The second kappa shape index (κ2) is 12.9. The Hall–Kier alpha value is -3.24. The molecule has 1 amide bonds. The minimum atomic E-state index is -1.12. The average Bonchev–Trinajstić information content (AvgIpc) is 3.52. The first-order valence-electron chi connectivity index (χ1n) is 16.2. The highest BCUT2D eigenvalue weighted by atomic mass is 28.3. The van der Waals surface area contributed by atoms with Gasteiger partial charge in [-0.3, -0.25) is 14.6 Å². The summed E-state index contributed by atoms with van der Waals surface area (Å²) in [7, 11) is -1.12. The predicted octanol–water partition coefficient (Wildman–Crippen LogP) is 6.51. The number of amides is 1. The number of nitrogens with zero attached hydrogens (tertiary/aromatic N) is 3. The van der Waals surface area contributed by atoms with Crippen molar-refractivity contribution >= 4 is 38.0 Å². The molecule has 9 heteroatoms. The highest BCUT2D eigenvalue weighted by Gasteiger charge is 2.31. The lowest BCUT2D eigenvalue weighted by atomic mass is 9.89. The molecule has 3 heterocycles. The maximum Gasteiger partial charge on any atom is 0.419 e. The molecule has 1 fully saturated rings. The highest BCUT2D eigenvalue weighted by molar-refractivity contribution is 6.48. The lowest BCUT2D eigenvalue weighted by Gasteiger charge is -2.40. The molecule has 0 spiro atoms. The van der Waals surface area contributed by atoms with Crippen LogP contribution in [0.2, 0.25) is 13.1 Å². The van der Waals surface area contributed by atoms with Crippen LogP contribution in [0.3, 0.4) is 0 Å². The first kappa shape index (κ1) is 33.1. The molecule has 1 saturated heterocycles. The van der Waals surface area contributed by atoms with E-state index in [1.54, 1.807) is 10.6 Å². The molecule has 5 rings (SSSR count). The Bertz CT molecular complexity index is 1590. The highest BCUT2D eigenvalue weighted by Crippen LogP contribution is 2.36. The van der Waals surface area contributed by atoms with Gasteiger partial charge in [0.2, 0.25) is 0 Å². The van der Waals surface area contributed by atoms with Crippen molar-refractivity contribution in [2.45, 2.75) is 79.4 Å². The first-order valence-corrected chi connectivity index (χ1v) is 19.0. The normalized spacial score (nSPS) is 17.0. The summed E-state index contributed by atoms with van der Waals surface area (Å²) in [5.41, 5.74) is 5.16. The summed E-state index contributed by atoms with van der Waals surface area (Å²) in [5.74, 6) is -0.142. The van der Waals surface area contributed by atoms with Crippen LogP contribution in [0.15, 0.2) is 43.0 Å². The quantitative estimate of drug-likeness (QED) is 0.286. The van der Waals surface area contributed by atoms with E-state index in [2.05, 4.69) is 67.7 Å². The van der Waals surface area contributed by atoms with Gasteiger partial charge in [-0.25, -0.2) is 9.36 Å². The van der Waals surface area contributed by atoms with Crippen molar-refractivity contribution in [3.8, 4) is 11.3 Å². The smallest absolute Gasteiger partial charge is 0.419 e.